The van der Waals surface area contributed by atoms with Crippen LogP contribution >= 0.6 is 0 Å². The van der Waals surface area contributed by atoms with Crippen molar-refractivity contribution in [1.29, 1.82) is 0 Å². The van der Waals surface area contributed by atoms with Crippen molar-refractivity contribution in [2.45, 2.75) is 44.2 Å². The molecule has 1 atom stereocenters. The van der Waals surface area contributed by atoms with Gasteiger partial charge in [0.05, 0.1) is 18.8 Å². The number of esters is 1. The van der Waals surface area contributed by atoms with E-state index >= 15 is 0 Å². The lowest BCUT2D eigenvalue weighted by Gasteiger charge is -2.27. The van der Waals surface area contributed by atoms with Gasteiger partial charge in [-0.2, -0.15) is 0 Å². The van der Waals surface area contributed by atoms with Crippen molar-refractivity contribution in [3.63, 3.8) is 0 Å². The number of hydrogen-bond acceptors (Lipinski definition) is 5. The van der Waals surface area contributed by atoms with Crippen LogP contribution in [-0.2, 0) is 22.5 Å². The number of benzene rings is 1. The number of carbonyl (C=O) groups is 1. The molecule has 1 aromatic carbocycles. The van der Waals surface area contributed by atoms with Crippen molar-refractivity contribution in [3.8, 4) is 0 Å². The molecule has 4 rings (SSSR count). The average Bonchev–Trinajstić information content (AvgIpc) is 3.49. The molecule has 0 bridgehead atoms. The van der Waals surface area contributed by atoms with Gasteiger partial charge in [0.15, 0.2) is 0 Å². The van der Waals surface area contributed by atoms with E-state index in [4.69, 9.17) is 9.72 Å². The van der Waals surface area contributed by atoms with Crippen LogP contribution in [-0.4, -0.2) is 22.6 Å². The summed E-state index contributed by atoms with van der Waals surface area (Å²) in [7, 11) is 1.30. The van der Waals surface area contributed by atoms with Crippen LogP contribution in [0.25, 0.3) is 0 Å². The summed E-state index contributed by atoms with van der Waals surface area (Å²) >= 11 is 0. The lowest BCUT2D eigenvalue weighted by atomic mass is 9.96. The van der Waals surface area contributed by atoms with Gasteiger partial charge in [-0.3, -0.25) is 14.2 Å². The third kappa shape index (κ3) is 3.09. The van der Waals surface area contributed by atoms with E-state index in [1.165, 1.54) is 23.8 Å². The number of ether oxygens (including phenoxy) is 1. The number of halogens is 1. The van der Waals surface area contributed by atoms with Gasteiger partial charge in [0, 0.05) is 5.92 Å². The van der Waals surface area contributed by atoms with E-state index in [1.54, 1.807) is 12.1 Å². The molecule has 0 radical (unpaired) electrons. The quantitative estimate of drug-likeness (QED) is 0.852. The molecule has 0 saturated heterocycles. The van der Waals surface area contributed by atoms with Gasteiger partial charge in [0.1, 0.15) is 23.9 Å². The number of hydrogen-bond donors (Lipinski definition) is 1. The summed E-state index contributed by atoms with van der Waals surface area (Å²) in [5, 5.41) is 3.25. The fourth-order valence-electron chi connectivity index (χ4n) is 3.42. The summed E-state index contributed by atoms with van der Waals surface area (Å²) in [6, 6.07) is 6.18. The molecule has 6 nitrogen and oxygen atoms in total. The Balaban J connectivity index is 1.71. The van der Waals surface area contributed by atoms with Crippen LogP contribution in [0.3, 0.4) is 0 Å². The van der Waals surface area contributed by atoms with Crippen molar-refractivity contribution >= 4 is 11.7 Å². The second-order valence-corrected chi connectivity index (χ2v) is 6.82. The first-order chi connectivity index (χ1) is 12.6. The van der Waals surface area contributed by atoms with Gasteiger partial charge in [-0.25, -0.2) is 9.37 Å². The number of rotatable bonds is 4. The largest absolute Gasteiger partial charge is 0.468 e. The number of aromatic nitrogens is 2. The Hall–Kier alpha value is -2.70. The zero-order valence-corrected chi connectivity index (χ0v) is 14.5. The summed E-state index contributed by atoms with van der Waals surface area (Å²) in [5.74, 6) is 0.163. The van der Waals surface area contributed by atoms with Crippen molar-refractivity contribution < 1.29 is 13.9 Å². The number of methoxy groups -OCH3 is 1. The van der Waals surface area contributed by atoms with Crippen LogP contribution in [0.15, 0.2) is 29.1 Å². The molecule has 0 spiro atoms. The predicted molar refractivity (Wildman–Crippen MR) is 93.6 cm³/mol. The molecule has 2 heterocycles. The molecule has 2 aliphatic rings. The smallest absolute Gasteiger partial charge is 0.325 e. The van der Waals surface area contributed by atoms with Crippen LogP contribution in [0.4, 0.5) is 10.1 Å². The molecule has 136 valence electrons. The van der Waals surface area contributed by atoms with Gasteiger partial charge in [0.25, 0.3) is 5.56 Å². The maximum absolute atomic E-state index is 13.2. The Morgan fingerprint density at radius 2 is 2.04 bits per heavy atom. The summed E-state index contributed by atoms with van der Waals surface area (Å²) < 4.78 is 19.3. The summed E-state index contributed by atoms with van der Waals surface area (Å²) in [5.41, 5.74) is 1.85. The van der Waals surface area contributed by atoms with Gasteiger partial charge >= 0.3 is 5.97 Å². The van der Waals surface area contributed by atoms with Crippen molar-refractivity contribution in [2.75, 3.05) is 12.4 Å². The van der Waals surface area contributed by atoms with Gasteiger partial charge in [0.2, 0.25) is 0 Å². The van der Waals surface area contributed by atoms with Gasteiger partial charge in [-0.1, -0.05) is 12.1 Å². The number of aryl methyl sites for hydroxylation is 1. The molecule has 1 aromatic heterocycles. The SMILES string of the molecule is COC(=O)Cn1c(C2CC2)nc2c(c1=O)NC(c1ccc(F)cc1)CC2. The number of nitrogens with zero attached hydrogens (tertiary/aromatic N) is 2. The van der Waals surface area contributed by atoms with Crippen LogP contribution in [0.1, 0.15) is 48.3 Å². The number of fused-ring (bicyclic) bond motifs is 1. The number of anilines is 1. The zero-order valence-electron chi connectivity index (χ0n) is 14.5. The van der Waals surface area contributed by atoms with Crippen LogP contribution in [0.2, 0.25) is 0 Å². The minimum absolute atomic E-state index is 0.0871. The lowest BCUT2D eigenvalue weighted by molar-refractivity contribution is -0.141. The molecule has 1 N–H and O–H groups in total. The van der Waals surface area contributed by atoms with Crippen LogP contribution in [0, 0.1) is 5.82 Å². The maximum Gasteiger partial charge on any atom is 0.325 e. The molecule has 2 aromatic rings. The normalized spacial score (nSPS) is 18.8. The van der Waals surface area contributed by atoms with Crippen LogP contribution < -0.4 is 10.9 Å². The van der Waals surface area contributed by atoms with Gasteiger partial charge in [-0.15, -0.1) is 0 Å². The van der Waals surface area contributed by atoms with Crippen molar-refractivity contribution in [1.82, 2.24) is 9.55 Å². The van der Waals surface area contributed by atoms with Gasteiger partial charge < -0.3 is 10.1 Å². The molecular formula is C19H20FN3O3. The molecule has 1 saturated carbocycles. The topological polar surface area (TPSA) is 73.2 Å². The second-order valence-electron chi connectivity index (χ2n) is 6.82. The van der Waals surface area contributed by atoms with E-state index in [0.29, 0.717) is 17.9 Å². The molecule has 0 amide bonds. The fraction of sp³-hybridized carbons (Fsp3) is 0.421. The Morgan fingerprint density at radius 3 is 2.69 bits per heavy atom. The minimum Gasteiger partial charge on any atom is -0.468 e. The molecule has 1 aliphatic carbocycles. The zero-order chi connectivity index (χ0) is 18.3. The Labute approximate surface area is 150 Å². The summed E-state index contributed by atoms with van der Waals surface area (Å²) in [6.07, 6.45) is 3.41. The first-order valence-electron chi connectivity index (χ1n) is 8.79. The molecule has 1 unspecified atom stereocenters. The molecule has 7 heteroatoms. The number of nitrogens with one attached hydrogen (secondary N) is 1. The lowest BCUT2D eigenvalue weighted by Crippen LogP contribution is -2.35. The van der Waals surface area contributed by atoms with Crippen LogP contribution in [0.5, 0.6) is 0 Å². The monoisotopic (exact) mass is 357 g/mol. The highest BCUT2D eigenvalue weighted by molar-refractivity contribution is 5.69. The molecule has 1 aliphatic heterocycles. The van der Waals surface area contributed by atoms with Crippen molar-refractivity contribution in [2.24, 2.45) is 0 Å². The average molecular weight is 357 g/mol. The first kappa shape index (κ1) is 16.8. The molecule has 1 fully saturated rings. The third-order valence-electron chi connectivity index (χ3n) is 4.99. The van der Waals surface area contributed by atoms with E-state index in [1.807, 2.05) is 0 Å². The van der Waals surface area contributed by atoms with E-state index in [0.717, 1.165) is 30.5 Å². The Kier molecular flexibility index (Phi) is 4.22. The van der Waals surface area contributed by atoms with E-state index in [2.05, 4.69) is 5.32 Å². The van der Waals surface area contributed by atoms with E-state index in [-0.39, 0.29) is 29.9 Å². The molecular weight excluding hydrogens is 337 g/mol. The first-order valence-corrected chi connectivity index (χ1v) is 8.79. The highest BCUT2D eigenvalue weighted by atomic mass is 19.1. The third-order valence-corrected chi connectivity index (χ3v) is 4.99. The highest BCUT2D eigenvalue weighted by Crippen LogP contribution is 2.40. The number of carbonyl (C=O) groups excluding carboxylic acids is 1. The minimum atomic E-state index is -0.471. The Morgan fingerprint density at radius 1 is 1.31 bits per heavy atom. The predicted octanol–water partition coefficient (Wildman–Crippen LogP) is 2.53. The van der Waals surface area contributed by atoms with E-state index in [9.17, 15) is 14.0 Å². The van der Waals surface area contributed by atoms with Crippen molar-refractivity contribution in [3.05, 3.63) is 57.5 Å². The van der Waals surface area contributed by atoms with Gasteiger partial charge in [-0.05, 0) is 43.4 Å². The van der Waals surface area contributed by atoms with E-state index < -0.39 is 5.97 Å². The maximum atomic E-state index is 13.2. The fourth-order valence-corrected chi connectivity index (χ4v) is 3.42. The second kappa shape index (κ2) is 6.55. The summed E-state index contributed by atoms with van der Waals surface area (Å²) in [4.78, 5) is 29.5. The summed E-state index contributed by atoms with van der Waals surface area (Å²) in [6.45, 7) is -0.135. The molecule has 26 heavy (non-hydrogen) atoms. The standard InChI is InChI=1S/C19H20FN3O3/c1-26-16(24)10-23-18(12-2-3-12)22-15-9-8-14(21-17(15)19(23)25)11-4-6-13(20)7-5-11/h4-7,12,14,21H,2-3,8-10H2,1H3. The Bertz CT molecular complexity index is 903. The highest BCUT2D eigenvalue weighted by Gasteiger charge is 2.33.